The molecule has 27 heavy (non-hydrogen) atoms. The van der Waals surface area contributed by atoms with Gasteiger partial charge < -0.3 is 19.4 Å². The summed E-state index contributed by atoms with van der Waals surface area (Å²) >= 11 is 5.97. The Hall–Kier alpha value is -1.95. The van der Waals surface area contributed by atoms with Gasteiger partial charge in [0.2, 0.25) is 0 Å². The second-order valence-electron chi connectivity index (χ2n) is 7.31. The molecule has 2 aliphatic rings. The third-order valence-corrected chi connectivity index (χ3v) is 5.51. The number of nitrogens with zero attached hydrogens (tertiary/aromatic N) is 3. The predicted molar refractivity (Wildman–Crippen MR) is 105 cm³/mol. The van der Waals surface area contributed by atoms with Crippen LogP contribution in [0, 0.1) is 6.92 Å². The van der Waals surface area contributed by atoms with Crippen molar-refractivity contribution in [3.8, 4) is 5.75 Å². The van der Waals surface area contributed by atoms with Crippen molar-refractivity contribution >= 4 is 23.5 Å². The average Bonchev–Trinajstić information content (AvgIpc) is 2.69. The molecule has 2 fully saturated rings. The van der Waals surface area contributed by atoms with Crippen LogP contribution in [-0.4, -0.2) is 72.0 Å². The van der Waals surface area contributed by atoms with E-state index in [0.717, 1.165) is 31.5 Å². The second-order valence-corrected chi connectivity index (χ2v) is 7.75. The van der Waals surface area contributed by atoms with E-state index in [0.29, 0.717) is 37.0 Å². The van der Waals surface area contributed by atoms with Crippen molar-refractivity contribution in [3.05, 3.63) is 28.8 Å². The number of ether oxygens (including phenoxy) is 1. The monoisotopic (exact) mass is 393 g/mol. The van der Waals surface area contributed by atoms with Crippen LogP contribution in [0.5, 0.6) is 5.75 Å². The molecule has 0 N–H and O–H groups in total. The Morgan fingerprint density at radius 1 is 0.963 bits per heavy atom. The van der Waals surface area contributed by atoms with E-state index in [1.165, 1.54) is 6.42 Å². The molecule has 0 aromatic heterocycles. The van der Waals surface area contributed by atoms with Crippen LogP contribution in [-0.2, 0) is 4.79 Å². The summed E-state index contributed by atoms with van der Waals surface area (Å²) in [6.07, 6.45) is 2.80. The predicted octanol–water partition coefficient (Wildman–Crippen LogP) is 3.17. The van der Waals surface area contributed by atoms with Crippen molar-refractivity contribution in [2.75, 3.05) is 39.3 Å². The van der Waals surface area contributed by atoms with E-state index in [2.05, 4.69) is 0 Å². The van der Waals surface area contributed by atoms with Gasteiger partial charge in [0.15, 0.2) is 6.10 Å². The van der Waals surface area contributed by atoms with E-state index in [-0.39, 0.29) is 11.9 Å². The van der Waals surface area contributed by atoms with Crippen LogP contribution in [0.1, 0.15) is 31.7 Å². The highest BCUT2D eigenvalue weighted by atomic mass is 35.5. The molecular formula is C20H28ClN3O3. The van der Waals surface area contributed by atoms with Crippen LogP contribution in [0.15, 0.2) is 18.2 Å². The zero-order valence-corrected chi connectivity index (χ0v) is 16.9. The molecule has 0 bridgehead atoms. The fourth-order valence-corrected chi connectivity index (χ4v) is 3.87. The molecule has 148 valence electrons. The van der Waals surface area contributed by atoms with Crippen molar-refractivity contribution in [2.45, 2.75) is 39.2 Å². The van der Waals surface area contributed by atoms with E-state index >= 15 is 0 Å². The standard InChI is InChI=1S/C20H28ClN3O3/c1-15-14-17(21)6-7-18(15)27-16(2)19(25)22-10-12-24(13-11-22)20(26)23-8-4-3-5-9-23/h6-7,14,16H,3-5,8-13H2,1-2H3/t16-/m1/s1. The maximum Gasteiger partial charge on any atom is 0.320 e. The van der Waals surface area contributed by atoms with Gasteiger partial charge >= 0.3 is 6.03 Å². The number of piperazine rings is 1. The van der Waals surface area contributed by atoms with Gasteiger partial charge in [-0.05, 0) is 56.9 Å². The molecule has 2 heterocycles. The fraction of sp³-hybridized carbons (Fsp3) is 0.600. The number of halogens is 1. The molecule has 0 radical (unpaired) electrons. The number of hydrogen-bond donors (Lipinski definition) is 0. The van der Waals surface area contributed by atoms with Crippen LogP contribution in [0.3, 0.4) is 0 Å². The number of likely N-dealkylation sites (tertiary alicyclic amines) is 1. The first-order valence-electron chi connectivity index (χ1n) is 9.71. The number of hydrogen-bond acceptors (Lipinski definition) is 3. The molecule has 2 aliphatic heterocycles. The van der Waals surface area contributed by atoms with Gasteiger partial charge in [-0.2, -0.15) is 0 Å². The number of aryl methyl sites for hydroxylation is 1. The van der Waals surface area contributed by atoms with Crippen LogP contribution in [0.25, 0.3) is 0 Å². The van der Waals surface area contributed by atoms with Crippen LogP contribution < -0.4 is 4.74 Å². The van der Waals surface area contributed by atoms with Gasteiger partial charge in [-0.15, -0.1) is 0 Å². The fourth-order valence-electron chi connectivity index (χ4n) is 3.65. The minimum atomic E-state index is -0.575. The lowest BCUT2D eigenvalue weighted by atomic mass is 10.1. The minimum Gasteiger partial charge on any atom is -0.481 e. The number of amides is 3. The Balaban J connectivity index is 1.50. The highest BCUT2D eigenvalue weighted by Gasteiger charge is 2.30. The maximum absolute atomic E-state index is 12.7. The summed E-state index contributed by atoms with van der Waals surface area (Å²) in [7, 11) is 0. The maximum atomic E-state index is 12.7. The Kier molecular flexibility index (Phi) is 6.47. The lowest BCUT2D eigenvalue weighted by molar-refractivity contribution is -0.139. The van der Waals surface area contributed by atoms with Crippen LogP contribution >= 0.6 is 11.6 Å². The van der Waals surface area contributed by atoms with Crippen LogP contribution in [0.2, 0.25) is 5.02 Å². The summed E-state index contributed by atoms with van der Waals surface area (Å²) in [4.78, 5) is 30.9. The molecule has 3 rings (SSSR count). The Morgan fingerprint density at radius 3 is 2.19 bits per heavy atom. The normalized spacial score (nSPS) is 19.0. The topological polar surface area (TPSA) is 53.1 Å². The van der Waals surface area contributed by atoms with Gasteiger partial charge in [0.1, 0.15) is 5.75 Å². The summed E-state index contributed by atoms with van der Waals surface area (Å²) < 4.78 is 5.85. The minimum absolute atomic E-state index is 0.0468. The van der Waals surface area contributed by atoms with Crippen molar-refractivity contribution in [1.29, 1.82) is 0 Å². The number of benzene rings is 1. The zero-order chi connectivity index (χ0) is 19.4. The SMILES string of the molecule is Cc1cc(Cl)ccc1O[C@H](C)C(=O)N1CCN(C(=O)N2CCCCC2)CC1. The van der Waals surface area contributed by atoms with Crippen molar-refractivity contribution < 1.29 is 14.3 Å². The van der Waals surface area contributed by atoms with Gasteiger partial charge in [-0.25, -0.2) is 4.79 Å². The highest BCUT2D eigenvalue weighted by molar-refractivity contribution is 6.30. The molecule has 7 heteroatoms. The number of piperidine rings is 1. The lowest BCUT2D eigenvalue weighted by Gasteiger charge is -2.39. The molecule has 3 amide bonds. The molecule has 0 saturated carbocycles. The van der Waals surface area contributed by atoms with Crippen LogP contribution in [0.4, 0.5) is 4.79 Å². The highest BCUT2D eigenvalue weighted by Crippen LogP contribution is 2.23. The molecule has 2 saturated heterocycles. The van der Waals surface area contributed by atoms with Gasteiger partial charge in [0.05, 0.1) is 0 Å². The Morgan fingerprint density at radius 2 is 1.56 bits per heavy atom. The van der Waals surface area contributed by atoms with Gasteiger partial charge in [-0.1, -0.05) is 11.6 Å². The van der Waals surface area contributed by atoms with Gasteiger partial charge in [0.25, 0.3) is 5.91 Å². The summed E-state index contributed by atoms with van der Waals surface area (Å²) in [5.41, 5.74) is 0.902. The first-order valence-corrected chi connectivity index (χ1v) is 10.1. The number of carbonyl (C=O) groups is 2. The first-order chi connectivity index (χ1) is 13.0. The Labute approximate surface area is 166 Å². The number of urea groups is 1. The van der Waals surface area contributed by atoms with Gasteiger partial charge in [0, 0.05) is 44.3 Å². The van der Waals surface area contributed by atoms with Gasteiger partial charge in [-0.3, -0.25) is 4.79 Å². The lowest BCUT2D eigenvalue weighted by Crippen LogP contribution is -2.56. The summed E-state index contributed by atoms with van der Waals surface area (Å²) in [5.74, 6) is 0.619. The third kappa shape index (κ3) is 4.86. The summed E-state index contributed by atoms with van der Waals surface area (Å²) in [6, 6.07) is 5.48. The van der Waals surface area contributed by atoms with Crippen molar-refractivity contribution in [3.63, 3.8) is 0 Å². The van der Waals surface area contributed by atoms with E-state index in [1.54, 1.807) is 24.0 Å². The first kappa shape index (κ1) is 19.8. The summed E-state index contributed by atoms with van der Waals surface area (Å²) in [5, 5.41) is 0.647. The van der Waals surface area contributed by atoms with Crippen molar-refractivity contribution in [2.24, 2.45) is 0 Å². The average molecular weight is 394 g/mol. The van der Waals surface area contributed by atoms with E-state index in [1.807, 2.05) is 22.8 Å². The molecule has 1 aromatic carbocycles. The smallest absolute Gasteiger partial charge is 0.320 e. The second kappa shape index (κ2) is 8.83. The largest absolute Gasteiger partial charge is 0.481 e. The molecule has 0 spiro atoms. The molecule has 0 unspecified atom stereocenters. The number of carbonyl (C=O) groups excluding carboxylic acids is 2. The Bertz CT molecular complexity index is 683. The molecular weight excluding hydrogens is 366 g/mol. The summed E-state index contributed by atoms with van der Waals surface area (Å²) in [6.45, 7) is 7.62. The van der Waals surface area contributed by atoms with E-state index < -0.39 is 6.10 Å². The van der Waals surface area contributed by atoms with E-state index in [4.69, 9.17) is 16.3 Å². The molecule has 1 atom stereocenters. The van der Waals surface area contributed by atoms with Crippen molar-refractivity contribution in [1.82, 2.24) is 14.7 Å². The zero-order valence-electron chi connectivity index (χ0n) is 16.1. The third-order valence-electron chi connectivity index (χ3n) is 5.28. The molecule has 6 nitrogen and oxygen atoms in total. The van der Waals surface area contributed by atoms with E-state index in [9.17, 15) is 9.59 Å². The molecule has 1 aromatic rings. The quantitative estimate of drug-likeness (QED) is 0.792. The number of rotatable bonds is 3. The molecule has 0 aliphatic carbocycles.